The van der Waals surface area contributed by atoms with Crippen molar-refractivity contribution in [1.29, 1.82) is 0 Å². The summed E-state index contributed by atoms with van der Waals surface area (Å²) in [7, 11) is 0. The van der Waals surface area contributed by atoms with Crippen LogP contribution in [0.15, 0.2) is 12.1 Å². The molecule has 1 saturated carbocycles. The minimum Gasteiger partial charge on any atom is -0.390 e. The van der Waals surface area contributed by atoms with Crippen molar-refractivity contribution in [2.45, 2.75) is 65.4 Å². The van der Waals surface area contributed by atoms with Crippen LogP contribution in [-0.2, 0) is 11.2 Å². The lowest BCUT2D eigenvalue weighted by molar-refractivity contribution is -0.130. The van der Waals surface area contributed by atoms with Gasteiger partial charge in [-0.3, -0.25) is 4.79 Å². The summed E-state index contributed by atoms with van der Waals surface area (Å²) in [4.78, 5) is 14.9. The average Bonchev–Trinajstić information content (AvgIpc) is 2.96. The second-order valence-electron chi connectivity index (χ2n) is 8.07. The summed E-state index contributed by atoms with van der Waals surface area (Å²) in [6.45, 7) is 9.94. The van der Waals surface area contributed by atoms with E-state index in [1.165, 1.54) is 22.3 Å². The second-order valence-corrected chi connectivity index (χ2v) is 8.07. The monoisotopic (exact) mass is 329 g/mol. The Labute approximate surface area is 146 Å². The molecule has 24 heavy (non-hydrogen) atoms. The van der Waals surface area contributed by atoms with E-state index in [4.69, 9.17) is 0 Å². The smallest absolute Gasteiger partial charge is 0.227 e. The number of aliphatic hydroxyl groups is 1. The predicted octanol–water partition coefficient (Wildman–Crippen LogP) is 3.55. The Hall–Kier alpha value is -1.35. The number of benzene rings is 1. The minimum atomic E-state index is -0.562. The number of nitrogens with zero attached hydrogens (tertiary/aromatic N) is 1. The van der Waals surface area contributed by atoms with Crippen molar-refractivity contribution < 1.29 is 9.90 Å². The molecule has 1 amide bonds. The third-order valence-corrected chi connectivity index (χ3v) is 6.45. The van der Waals surface area contributed by atoms with Gasteiger partial charge in [-0.05, 0) is 62.6 Å². The van der Waals surface area contributed by atoms with Crippen molar-refractivity contribution in [3.8, 4) is 0 Å². The van der Waals surface area contributed by atoms with Crippen molar-refractivity contribution >= 4 is 5.91 Å². The van der Waals surface area contributed by atoms with Crippen molar-refractivity contribution in [1.82, 2.24) is 4.90 Å². The maximum atomic E-state index is 12.9. The molecule has 1 N–H and O–H groups in total. The number of likely N-dealkylation sites (tertiary alicyclic amines) is 1. The van der Waals surface area contributed by atoms with E-state index in [0.29, 0.717) is 12.3 Å². The molecule has 2 fully saturated rings. The molecular weight excluding hydrogens is 298 g/mol. The molecule has 0 unspecified atom stereocenters. The van der Waals surface area contributed by atoms with Crippen LogP contribution in [0.25, 0.3) is 0 Å². The van der Waals surface area contributed by atoms with E-state index in [-0.39, 0.29) is 11.8 Å². The van der Waals surface area contributed by atoms with Gasteiger partial charge < -0.3 is 10.0 Å². The lowest BCUT2D eigenvalue weighted by Gasteiger charge is -2.40. The number of carbonyl (C=O) groups is 1. The summed E-state index contributed by atoms with van der Waals surface area (Å²) in [5.41, 5.74) is 4.28. The van der Waals surface area contributed by atoms with Gasteiger partial charge in [-0.1, -0.05) is 31.0 Å². The average molecular weight is 329 g/mol. The number of fused-ring (bicyclic) bond motifs is 1. The Kier molecular flexibility index (Phi) is 4.74. The van der Waals surface area contributed by atoms with E-state index >= 15 is 0 Å². The molecule has 0 aromatic heterocycles. The van der Waals surface area contributed by atoms with Gasteiger partial charge >= 0.3 is 0 Å². The zero-order valence-electron chi connectivity index (χ0n) is 15.6. The first-order valence-electron chi connectivity index (χ1n) is 9.41. The Morgan fingerprint density at radius 3 is 2.54 bits per heavy atom. The van der Waals surface area contributed by atoms with E-state index in [1.54, 1.807) is 0 Å². The Balaban J connectivity index is 1.73. The highest BCUT2D eigenvalue weighted by Crippen LogP contribution is 2.44. The standard InChI is InChI=1S/C21H31NO2/c1-5-21(24)8-6-7-17-12-22(13-19(17)21)20(23)11-18-15(3)9-14(2)10-16(18)4/h9-10,17,19,24H,5-8,11-13H2,1-4H3/t17-,19+,21-/m1/s1. The van der Waals surface area contributed by atoms with E-state index in [2.05, 4.69) is 39.8 Å². The third kappa shape index (κ3) is 3.11. The number of carbonyl (C=O) groups excluding carboxylic acids is 1. The summed E-state index contributed by atoms with van der Waals surface area (Å²) in [6, 6.07) is 4.32. The van der Waals surface area contributed by atoms with Crippen molar-refractivity contribution in [3.63, 3.8) is 0 Å². The SMILES string of the molecule is CC[C@@]1(O)CCC[C@@H]2CN(C(=O)Cc3c(C)cc(C)cc3C)C[C@@H]21. The topological polar surface area (TPSA) is 40.5 Å². The number of aryl methyl sites for hydroxylation is 3. The number of hydrogen-bond acceptors (Lipinski definition) is 2. The van der Waals surface area contributed by atoms with Gasteiger partial charge in [-0.2, -0.15) is 0 Å². The maximum absolute atomic E-state index is 12.9. The highest BCUT2D eigenvalue weighted by molar-refractivity contribution is 5.80. The van der Waals surface area contributed by atoms with Gasteiger partial charge in [0.25, 0.3) is 0 Å². The van der Waals surface area contributed by atoms with Gasteiger partial charge in [0.2, 0.25) is 5.91 Å². The van der Waals surface area contributed by atoms with Gasteiger partial charge in [0.15, 0.2) is 0 Å². The normalized spacial score (nSPS) is 29.6. The first-order chi connectivity index (χ1) is 11.3. The van der Waals surface area contributed by atoms with Crippen LogP contribution in [0.4, 0.5) is 0 Å². The van der Waals surface area contributed by atoms with Gasteiger partial charge in [0, 0.05) is 19.0 Å². The third-order valence-electron chi connectivity index (χ3n) is 6.45. The predicted molar refractivity (Wildman–Crippen MR) is 97.0 cm³/mol. The number of hydrogen-bond donors (Lipinski definition) is 1. The van der Waals surface area contributed by atoms with E-state index in [1.807, 2.05) is 4.90 Å². The quantitative estimate of drug-likeness (QED) is 0.921. The summed E-state index contributed by atoms with van der Waals surface area (Å²) in [6.07, 6.45) is 4.42. The molecule has 1 aromatic rings. The molecular formula is C21H31NO2. The van der Waals surface area contributed by atoms with Crippen LogP contribution < -0.4 is 0 Å². The molecule has 1 saturated heterocycles. The van der Waals surface area contributed by atoms with Gasteiger partial charge in [0.1, 0.15) is 0 Å². The zero-order valence-corrected chi connectivity index (χ0v) is 15.6. The minimum absolute atomic E-state index is 0.220. The molecule has 0 radical (unpaired) electrons. The summed E-state index contributed by atoms with van der Waals surface area (Å²) >= 11 is 0. The van der Waals surface area contributed by atoms with Crippen LogP contribution in [-0.4, -0.2) is 34.6 Å². The first kappa shape index (κ1) is 17.5. The molecule has 0 bridgehead atoms. The maximum Gasteiger partial charge on any atom is 0.227 e. The number of rotatable bonds is 3. The lowest BCUT2D eigenvalue weighted by Crippen LogP contribution is -2.44. The van der Waals surface area contributed by atoms with Gasteiger partial charge in [0.05, 0.1) is 12.0 Å². The second kappa shape index (κ2) is 6.51. The highest BCUT2D eigenvalue weighted by Gasteiger charge is 2.48. The largest absolute Gasteiger partial charge is 0.390 e. The van der Waals surface area contributed by atoms with Crippen LogP contribution in [0.5, 0.6) is 0 Å². The number of amides is 1. The first-order valence-corrected chi connectivity index (χ1v) is 9.41. The summed E-state index contributed by atoms with van der Waals surface area (Å²) in [5.74, 6) is 0.964. The molecule has 1 aliphatic heterocycles. The molecule has 3 nitrogen and oxygen atoms in total. The van der Waals surface area contributed by atoms with Gasteiger partial charge in [-0.25, -0.2) is 0 Å². The molecule has 3 heteroatoms. The Morgan fingerprint density at radius 2 is 1.92 bits per heavy atom. The molecule has 1 aromatic carbocycles. The molecule has 1 aliphatic carbocycles. The van der Waals surface area contributed by atoms with E-state index < -0.39 is 5.60 Å². The zero-order chi connectivity index (χ0) is 17.5. The Bertz CT molecular complexity index is 616. The van der Waals surface area contributed by atoms with E-state index in [0.717, 1.165) is 38.8 Å². The summed E-state index contributed by atoms with van der Waals surface area (Å²) in [5, 5.41) is 10.9. The van der Waals surface area contributed by atoms with Crippen molar-refractivity contribution in [3.05, 3.63) is 34.4 Å². The lowest BCUT2D eigenvalue weighted by atomic mass is 9.69. The molecule has 3 rings (SSSR count). The fourth-order valence-corrected chi connectivity index (χ4v) is 5.02. The molecule has 1 heterocycles. The fourth-order valence-electron chi connectivity index (χ4n) is 5.02. The van der Waals surface area contributed by atoms with E-state index in [9.17, 15) is 9.90 Å². The fraction of sp³-hybridized carbons (Fsp3) is 0.667. The van der Waals surface area contributed by atoms with Crippen LogP contribution in [0.1, 0.15) is 54.9 Å². The van der Waals surface area contributed by atoms with Crippen LogP contribution in [0, 0.1) is 32.6 Å². The summed E-state index contributed by atoms with van der Waals surface area (Å²) < 4.78 is 0. The van der Waals surface area contributed by atoms with Gasteiger partial charge in [-0.15, -0.1) is 0 Å². The van der Waals surface area contributed by atoms with Crippen molar-refractivity contribution in [2.24, 2.45) is 11.8 Å². The molecule has 0 spiro atoms. The van der Waals surface area contributed by atoms with Crippen LogP contribution in [0.3, 0.4) is 0 Å². The Morgan fingerprint density at radius 1 is 1.25 bits per heavy atom. The molecule has 2 aliphatic rings. The molecule has 3 atom stereocenters. The van der Waals surface area contributed by atoms with Crippen LogP contribution in [0.2, 0.25) is 0 Å². The van der Waals surface area contributed by atoms with Crippen molar-refractivity contribution in [2.75, 3.05) is 13.1 Å². The highest BCUT2D eigenvalue weighted by atomic mass is 16.3. The van der Waals surface area contributed by atoms with Crippen LogP contribution >= 0.6 is 0 Å². The molecule has 132 valence electrons.